The number of hydrogen-bond donors (Lipinski definition) is 1. The minimum atomic E-state index is -3.95. The van der Waals surface area contributed by atoms with E-state index < -0.39 is 22.0 Å². The fraction of sp³-hybridized carbons (Fsp3) is 0.240. The zero-order chi connectivity index (χ0) is 23.6. The molecule has 0 aliphatic carbocycles. The average molecular weight is 467 g/mol. The Morgan fingerprint density at radius 2 is 1.85 bits per heavy atom. The summed E-state index contributed by atoms with van der Waals surface area (Å²) in [6.07, 6.45) is -0.264. The Balaban J connectivity index is 1.69. The Hall–Kier alpha value is -3.52. The van der Waals surface area contributed by atoms with Gasteiger partial charge in [0.15, 0.2) is 6.10 Å². The van der Waals surface area contributed by atoms with Gasteiger partial charge in [-0.1, -0.05) is 31.2 Å². The number of amides is 1. The molecule has 3 aromatic carbocycles. The van der Waals surface area contributed by atoms with Gasteiger partial charge in [0.25, 0.3) is 15.9 Å². The summed E-state index contributed by atoms with van der Waals surface area (Å²) in [7, 11) is -2.43. The molecule has 1 N–H and O–H groups in total. The lowest BCUT2D eigenvalue weighted by Gasteiger charge is -2.35. The molecule has 0 saturated carbocycles. The van der Waals surface area contributed by atoms with Crippen molar-refractivity contribution in [3.8, 4) is 11.5 Å². The molecule has 0 saturated heterocycles. The third-order valence-corrected chi connectivity index (χ3v) is 7.37. The number of hydrogen-bond acceptors (Lipinski definition) is 5. The highest BCUT2D eigenvalue weighted by molar-refractivity contribution is 7.92. The number of anilines is 2. The third kappa shape index (κ3) is 4.52. The van der Waals surface area contributed by atoms with E-state index in [2.05, 4.69) is 5.32 Å². The maximum absolute atomic E-state index is 13.6. The van der Waals surface area contributed by atoms with Crippen molar-refractivity contribution in [2.45, 2.75) is 31.3 Å². The van der Waals surface area contributed by atoms with Gasteiger partial charge in [0, 0.05) is 5.69 Å². The molecule has 7 nitrogen and oxygen atoms in total. The van der Waals surface area contributed by atoms with Crippen molar-refractivity contribution < 1.29 is 22.7 Å². The maximum atomic E-state index is 13.6. The molecule has 0 unspecified atom stereocenters. The van der Waals surface area contributed by atoms with Crippen LogP contribution in [0, 0.1) is 6.92 Å². The number of methoxy groups -OCH3 is 1. The van der Waals surface area contributed by atoms with Crippen molar-refractivity contribution in [3.63, 3.8) is 0 Å². The minimum absolute atomic E-state index is 0.104. The monoisotopic (exact) mass is 466 g/mol. The van der Waals surface area contributed by atoms with E-state index in [4.69, 9.17) is 9.47 Å². The smallest absolute Gasteiger partial charge is 0.267 e. The van der Waals surface area contributed by atoms with Crippen molar-refractivity contribution in [3.05, 3.63) is 77.9 Å². The molecule has 1 heterocycles. The number of sulfonamides is 1. The van der Waals surface area contributed by atoms with Crippen LogP contribution in [0.1, 0.15) is 18.1 Å². The number of nitrogens with one attached hydrogen (secondary N) is 1. The molecule has 0 spiro atoms. The maximum Gasteiger partial charge on any atom is 0.267 e. The van der Waals surface area contributed by atoms with Crippen LogP contribution in [0.5, 0.6) is 11.5 Å². The van der Waals surface area contributed by atoms with Crippen LogP contribution in [0.25, 0.3) is 0 Å². The molecule has 1 amide bonds. The highest BCUT2D eigenvalue weighted by Crippen LogP contribution is 2.38. The van der Waals surface area contributed by atoms with Gasteiger partial charge in [0.2, 0.25) is 0 Å². The van der Waals surface area contributed by atoms with Crippen molar-refractivity contribution in [1.82, 2.24) is 0 Å². The molecule has 1 aliphatic heterocycles. The van der Waals surface area contributed by atoms with E-state index in [0.29, 0.717) is 22.9 Å². The standard InChI is InChI=1S/C25H26N2O5S/c1-4-18-7-5-6-8-21(18)26-25(28)24-16-27(22-14-9-17(2)15-23(22)32-24)33(29,30)20-12-10-19(31-3)11-13-20/h5-15,24H,4,16H2,1-3H3,(H,26,28)/t24-/m1/s1. The molecule has 0 radical (unpaired) electrons. The Kier molecular flexibility index (Phi) is 6.29. The highest BCUT2D eigenvalue weighted by atomic mass is 32.2. The number of benzene rings is 3. The topological polar surface area (TPSA) is 84.9 Å². The number of aryl methyl sites for hydroxylation is 2. The molecule has 8 heteroatoms. The molecule has 172 valence electrons. The zero-order valence-electron chi connectivity index (χ0n) is 18.7. The van der Waals surface area contributed by atoms with Crippen molar-refractivity contribution in [2.75, 3.05) is 23.3 Å². The number of nitrogens with zero attached hydrogens (tertiary/aromatic N) is 1. The Bertz CT molecular complexity index is 1270. The summed E-state index contributed by atoms with van der Waals surface area (Å²) >= 11 is 0. The summed E-state index contributed by atoms with van der Waals surface area (Å²) in [6.45, 7) is 3.74. The SMILES string of the molecule is CCc1ccccc1NC(=O)[C@H]1CN(S(=O)(=O)c2ccc(OC)cc2)c2ccc(C)cc2O1. The van der Waals surface area contributed by atoms with Gasteiger partial charge in [-0.2, -0.15) is 0 Å². The van der Waals surface area contributed by atoms with Gasteiger partial charge in [0.05, 0.1) is 24.2 Å². The molecule has 1 atom stereocenters. The van der Waals surface area contributed by atoms with Gasteiger partial charge in [-0.15, -0.1) is 0 Å². The predicted molar refractivity (Wildman–Crippen MR) is 128 cm³/mol. The fourth-order valence-electron chi connectivity index (χ4n) is 3.76. The van der Waals surface area contributed by atoms with Gasteiger partial charge in [0.1, 0.15) is 11.5 Å². The molecule has 3 aromatic rings. The van der Waals surface area contributed by atoms with Crippen molar-refractivity contribution in [1.29, 1.82) is 0 Å². The lowest BCUT2D eigenvalue weighted by molar-refractivity contribution is -0.122. The minimum Gasteiger partial charge on any atom is -0.497 e. The summed E-state index contributed by atoms with van der Waals surface area (Å²) in [5.41, 5.74) is 2.97. The molecule has 33 heavy (non-hydrogen) atoms. The number of ether oxygens (including phenoxy) is 2. The van der Waals surface area contributed by atoms with E-state index in [1.54, 1.807) is 24.3 Å². The lowest BCUT2D eigenvalue weighted by atomic mass is 10.1. The molecule has 0 fully saturated rings. The van der Waals surface area contributed by atoms with Crippen LogP contribution in [0.4, 0.5) is 11.4 Å². The Morgan fingerprint density at radius 1 is 1.12 bits per heavy atom. The summed E-state index contributed by atoms with van der Waals surface area (Å²) in [5.74, 6) is 0.499. The second-order valence-corrected chi connectivity index (χ2v) is 9.65. The van der Waals surface area contributed by atoms with Crippen LogP contribution < -0.4 is 19.1 Å². The van der Waals surface area contributed by atoms with E-state index >= 15 is 0 Å². The first-order valence-electron chi connectivity index (χ1n) is 10.7. The number of rotatable bonds is 6. The first-order chi connectivity index (χ1) is 15.8. The van der Waals surface area contributed by atoms with Crippen LogP contribution in [-0.2, 0) is 21.2 Å². The van der Waals surface area contributed by atoms with E-state index in [0.717, 1.165) is 17.5 Å². The summed E-state index contributed by atoms with van der Waals surface area (Å²) in [6, 6.07) is 18.9. The van der Waals surface area contributed by atoms with E-state index in [9.17, 15) is 13.2 Å². The van der Waals surface area contributed by atoms with Crippen LogP contribution >= 0.6 is 0 Å². The van der Waals surface area contributed by atoms with Gasteiger partial charge >= 0.3 is 0 Å². The van der Waals surface area contributed by atoms with Crippen LogP contribution in [0.15, 0.2) is 71.6 Å². The number of carbonyl (C=O) groups is 1. The quantitative estimate of drug-likeness (QED) is 0.590. The highest BCUT2D eigenvalue weighted by Gasteiger charge is 2.37. The first kappa shape index (κ1) is 22.7. The molecule has 1 aliphatic rings. The van der Waals surface area contributed by atoms with Gasteiger partial charge in [-0.05, 0) is 66.9 Å². The normalized spacial score (nSPS) is 15.4. The van der Waals surface area contributed by atoms with Crippen LogP contribution in [0.3, 0.4) is 0 Å². The Morgan fingerprint density at radius 3 is 2.55 bits per heavy atom. The molecule has 0 bridgehead atoms. The summed E-state index contributed by atoms with van der Waals surface area (Å²) in [4.78, 5) is 13.3. The lowest BCUT2D eigenvalue weighted by Crippen LogP contribution is -2.48. The first-order valence-corrected chi connectivity index (χ1v) is 12.1. The summed E-state index contributed by atoms with van der Waals surface area (Å²) < 4.78 is 39.5. The second kappa shape index (κ2) is 9.15. The average Bonchev–Trinajstić information content (AvgIpc) is 2.83. The molecular formula is C25H26N2O5S. The van der Waals surface area contributed by atoms with Crippen LogP contribution in [0.2, 0.25) is 0 Å². The second-order valence-electron chi connectivity index (χ2n) is 7.79. The fourth-order valence-corrected chi connectivity index (χ4v) is 5.24. The predicted octanol–water partition coefficient (Wildman–Crippen LogP) is 4.16. The largest absolute Gasteiger partial charge is 0.497 e. The third-order valence-electron chi connectivity index (χ3n) is 5.58. The van der Waals surface area contributed by atoms with Gasteiger partial charge in [-0.25, -0.2) is 8.42 Å². The number of fused-ring (bicyclic) bond motifs is 1. The van der Waals surface area contributed by atoms with E-state index in [1.807, 2.05) is 44.2 Å². The molecule has 4 rings (SSSR count). The zero-order valence-corrected chi connectivity index (χ0v) is 19.6. The van der Waals surface area contributed by atoms with Gasteiger partial charge in [-0.3, -0.25) is 9.10 Å². The van der Waals surface area contributed by atoms with Crippen LogP contribution in [-0.4, -0.2) is 34.1 Å². The van der Waals surface area contributed by atoms with Crippen molar-refractivity contribution >= 4 is 27.3 Å². The molecular weight excluding hydrogens is 440 g/mol. The Labute approximate surface area is 194 Å². The summed E-state index contributed by atoms with van der Waals surface area (Å²) in [5, 5.41) is 2.90. The molecule has 0 aromatic heterocycles. The number of para-hydroxylation sites is 1. The number of carbonyl (C=O) groups excluding carboxylic acids is 1. The van der Waals surface area contributed by atoms with Gasteiger partial charge < -0.3 is 14.8 Å². The van der Waals surface area contributed by atoms with E-state index in [1.165, 1.54) is 23.5 Å². The van der Waals surface area contributed by atoms with E-state index in [-0.39, 0.29) is 11.4 Å². The van der Waals surface area contributed by atoms with Crippen molar-refractivity contribution in [2.24, 2.45) is 0 Å².